The van der Waals surface area contributed by atoms with Gasteiger partial charge in [0.25, 0.3) is 0 Å². The number of nitrogens with one attached hydrogen (secondary N) is 2. The van der Waals surface area contributed by atoms with Crippen LogP contribution < -0.4 is 5.32 Å². The SMILES string of the molecule is Cc1cccc(-c2nc(CC(=O)NCc3nc4ccccc4[nH]3)cs2)c1. The van der Waals surface area contributed by atoms with Crippen molar-refractivity contribution in [1.82, 2.24) is 20.3 Å². The van der Waals surface area contributed by atoms with Gasteiger partial charge in [0, 0.05) is 10.9 Å². The molecule has 1 amide bonds. The van der Waals surface area contributed by atoms with Crippen molar-refractivity contribution in [2.75, 3.05) is 0 Å². The molecule has 6 heteroatoms. The minimum atomic E-state index is -0.0634. The van der Waals surface area contributed by atoms with E-state index in [1.807, 2.05) is 41.8 Å². The third-order valence-corrected chi connectivity index (χ3v) is 4.99. The first-order chi connectivity index (χ1) is 12.7. The quantitative estimate of drug-likeness (QED) is 0.566. The van der Waals surface area contributed by atoms with Crippen molar-refractivity contribution in [3.05, 3.63) is 71.0 Å². The van der Waals surface area contributed by atoms with Crippen LogP contribution in [0.5, 0.6) is 0 Å². The molecule has 5 nitrogen and oxygen atoms in total. The van der Waals surface area contributed by atoms with Gasteiger partial charge in [-0.2, -0.15) is 0 Å². The normalized spacial score (nSPS) is 11.0. The van der Waals surface area contributed by atoms with Gasteiger partial charge < -0.3 is 10.3 Å². The van der Waals surface area contributed by atoms with Crippen molar-refractivity contribution in [2.24, 2.45) is 0 Å². The van der Waals surface area contributed by atoms with Gasteiger partial charge in [0.2, 0.25) is 5.91 Å². The number of aromatic nitrogens is 3. The number of fused-ring (bicyclic) bond motifs is 1. The monoisotopic (exact) mass is 362 g/mol. The largest absolute Gasteiger partial charge is 0.349 e. The van der Waals surface area contributed by atoms with Crippen LogP contribution in [0.1, 0.15) is 17.1 Å². The van der Waals surface area contributed by atoms with Gasteiger partial charge in [0.15, 0.2) is 0 Å². The zero-order chi connectivity index (χ0) is 17.9. The van der Waals surface area contributed by atoms with Gasteiger partial charge in [-0.1, -0.05) is 35.9 Å². The van der Waals surface area contributed by atoms with Crippen LogP contribution in [0.15, 0.2) is 53.9 Å². The Bertz CT molecular complexity index is 1030. The highest BCUT2D eigenvalue weighted by Gasteiger charge is 2.10. The van der Waals surface area contributed by atoms with Crippen LogP contribution in [0.3, 0.4) is 0 Å². The molecule has 0 fully saturated rings. The van der Waals surface area contributed by atoms with E-state index >= 15 is 0 Å². The van der Waals surface area contributed by atoms with E-state index in [1.54, 1.807) is 11.3 Å². The zero-order valence-electron chi connectivity index (χ0n) is 14.3. The molecule has 4 aromatic rings. The summed E-state index contributed by atoms with van der Waals surface area (Å²) < 4.78 is 0. The van der Waals surface area contributed by atoms with E-state index < -0.39 is 0 Å². The molecule has 0 atom stereocenters. The predicted octanol–water partition coefficient (Wildman–Crippen LogP) is 3.85. The predicted molar refractivity (Wildman–Crippen MR) is 104 cm³/mol. The van der Waals surface area contributed by atoms with Crippen LogP contribution in [-0.2, 0) is 17.8 Å². The Hall–Kier alpha value is -2.99. The number of rotatable bonds is 5. The van der Waals surface area contributed by atoms with E-state index in [1.165, 1.54) is 5.56 Å². The molecule has 26 heavy (non-hydrogen) atoms. The Morgan fingerprint density at radius 2 is 2.04 bits per heavy atom. The number of aryl methyl sites for hydroxylation is 1. The summed E-state index contributed by atoms with van der Waals surface area (Å²) in [6, 6.07) is 16.0. The summed E-state index contributed by atoms with van der Waals surface area (Å²) >= 11 is 1.56. The van der Waals surface area contributed by atoms with Crippen molar-refractivity contribution in [3.63, 3.8) is 0 Å². The standard InChI is InChI=1S/C20H18N4OS/c1-13-5-4-6-14(9-13)20-22-15(12-26-20)10-19(25)21-11-18-23-16-7-2-3-8-17(16)24-18/h2-9,12H,10-11H2,1H3,(H,21,25)(H,23,24). The average molecular weight is 362 g/mol. The molecule has 0 bridgehead atoms. The number of thiazole rings is 1. The summed E-state index contributed by atoms with van der Waals surface area (Å²) in [5.74, 6) is 0.685. The van der Waals surface area contributed by atoms with E-state index in [2.05, 4.69) is 39.3 Å². The molecule has 0 saturated heterocycles. The Kier molecular flexibility index (Phi) is 4.50. The Morgan fingerprint density at radius 1 is 1.15 bits per heavy atom. The number of hydrogen-bond donors (Lipinski definition) is 2. The van der Waals surface area contributed by atoms with E-state index in [9.17, 15) is 4.79 Å². The molecular formula is C20H18N4OS. The maximum atomic E-state index is 12.2. The van der Waals surface area contributed by atoms with Crippen LogP contribution in [0.25, 0.3) is 21.6 Å². The molecule has 0 radical (unpaired) electrons. The number of benzene rings is 2. The highest BCUT2D eigenvalue weighted by Crippen LogP contribution is 2.24. The Morgan fingerprint density at radius 3 is 2.88 bits per heavy atom. The van der Waals surface area contributed by atoms with Gasteiger partial charge in [-0.15, -0.1) is 11.3 Å². The van der Waals surface area contributed by atoms with Gasteiger partial charge in [0.05, 0.1) is 29.7 Å². The van der Waals surface area contributed by atoms with Gasteiger partial charge in [-0.25, -0.2) is 9.97 Å². The molecule has 0 spiro atoms. The van der Waals surface area contributed by atoms with Crippen LogP contribution in [0, 0.1) is 6.92 Å². The number of carbonyl (C=O) groups is 1. The summed E-state index contributed by atoms with van der Waals surface area (Å²) in [4.78, 5) is 24.5. The van der Waals surface area contributed by atoms with Crippen molar-refractivity contribution in [2.45, 2.75) is 19.9 Å². The van der Waals surface area contributed by atoms with Crippen molar-refractivity contribution < 1.29 is 4.79 Å². The highest BCUT2D eigenvalue weighted by atomic mass is 32.1. The van der Waals surface area contributed by atoms with Crippen LogP contribution >= 0.6 is 11.3 Å². The topological polar surface area (TPSA) is 70.7 Å². The first-order valence-corrected chi connectivity index (χ1v) is 9.27. The van der Waals surface area contributed by atoms with E-state index in [4.69, 9.17) is 0 Å². The lowest BCUT2D eigenvalue weighted by Crippen LogP contribution is -2.25. The first-order valence-electron chi connectivity index (χ1n) is 8.39. The Balaban J connectivity index is 1.37. The molecule has 4 rings (SSSR count). The fourth-order valence-corrected chi connectivity index (χ4v) is 3.61. The third kappa shape index (κ3) is 3.65. The number of imidazole rings is 1. The molecule has 2 aromatic carbocycles. The summed E-state index contributed by atoms with van der Waals surface area (Å²) in [6.07, 6.45) is 0.266. The van der Waals surface area contributed by atoms with Gasteiger partial charge >= 0.3 is 0 Å². The molecular weight excluding hydrogens is 344 g/mol. The lowest BCUT2D eigenvalue weighted by atomic mass is 10.1. The van der Waals surface area contributed by atoms with Crippen molar-refractivity contribution in [1.29, 1.82) is 0 Å². The van der Waals surface area contributed by atoms with E-state index in [-0.39, 0.29) is 12.3 Å². The number of carbonyl (C=O) groups excluding carboxylic acids is 1. The van der Waals surface area contributed by atoms with Crippen molar-refractivity contribution in [3.8, 4) is 10.6 Å². The Labute approximate surface area is 155 Å². The zero-order valence-corrected chi connectivity index (χ0v) is 15.1. The van der Waals surface area contributed by atoms with Gasteiger partial charge in [-0.05, 0) is 25.1 Å². The van der Waals surface area contributed by atoms with Gasteiger partial charge in [-0.3, -0.25) is 4.79 Å². The molecule has 0 aliphatic rings. The molecule has 130 valence electrons. The fraction of sp³-hybridized carbons (Fsp3) is 0.150. The molecule has 2 N–H and O–H groups in total. The van der Waals surface area contributed by atoms with E-state index in [0.717, 1.165) is 33.1 Å². The summed E-state index contributed by atoms with van der Waals surface area (Å²) in [5.41, 5.74) is 4.94. The number of hydrogen-bond acceptors (Lipinski definition) is 4. The highest BCUT2D eigenvalue weighted by molar-refractivity contribution is 7.13. The first kappa shape index (κ1) is 16.5. The molecule has 0 aliphatic carbocycles. The number of amides is 1. The molecule has 0 saturated carbocycles. The lowest BCUT2D eigenvalue weighted by Gasteiger charge is -2.01. The molecule has 0 unspecified atom stereocenters. The summed E-state index contributed by atoms with van der Waals surface area (Å²) in [5, 5.41) is 5.78. The van der Waals surface area contributed by atoms with Gasteiger partial charge in [0.1, 0.15) is 10.8 Å². The maximum Gasteiger partial charge on any atom is 0.226 e. The summed E-state index contributed by atoms with van der Waals surface area (Å²) in [7, 11) is 0. The second kappa shape index (κ2) is 7.09. The number of nitrogens with zero attached hydrogens (tertiary/aromatic N) is 2. The fourth-order valence-electron chi connectivity index (χ4n) is 2.80. The smallest absolute Gasteiger partial charge is 0.226 e. The van der Waals surface area contributed by atoms with E-state index in [0.29, 0.717) is 6.54 Å². The third-order valence-electron chi connectivity index (χ3n) is 4.05. The molecule has 0 aliphatic heterocycles. The van der Waals surface area contributed by atoms with Crippen LogP contribution in [-0.4, -0.2) is 20.9 Å². The second-order valence-electron chi connectivity index (χ2n) is 6.17. The van der Waals surface area contributed by atoms with Crippen molar-refractivity contribution >= 4 is 28.3 Å². The molecule has 2 aromatic heterocycles. The van der Waals surface area contributed by atoms with Crippen LogP contribution in [0.2, 0.25) is 0 Å². The average Bonchev–Trinajstić information content (AvgIpc) is 3.26. The number of H-pyrrole nitrogens is 1. The van der Waals surface area contributed by atoms with Crippen LogP contribution in [0.4, 0.5) is 0 Å². The maximum absolute atomic E-state index is 12.2. The second-order valence-corrected chi connectivity index (χ2v) is 7.03. The summed E-state index contributed by atoms with van der Waals surface area (Å²) in [6.45, 7) is 2.44. The minimum Gasteiger partial charge on any atom is -0.349 e. The number of para-hydroxylation sites is 2. The molecule has 2 heterocycles. The lowest BCUT2D eigenvalue weighted by molar-refractivity contribution is -0.120. The number of aromatic amines is 1. The minimum absolute atomic E-state index is 0.0634.